The van der Waals surface area contributed by atoms with Gasteiger partial charge in [-0.05, 0) is 31.0 Å². The molecule has 5 nitrogen and oxygen atoms in total. The lowest BCUT2D eigenvalue weighted by Gasteiger charge is -2.07. The van der Waals surface area contributed by atoms with Gasteiger partial charge in [0, 0.05) is 36.6 Å². The molecule has 0 aliphatic carbocycles. The van der Waals surface area contributed by atoms with Crippen LogP contribution in [-0.4, -0.2) is 22.2 Å². The van der Waals surface area contributed by atoms with Crippen LogP contribution >= 0.6 is 0 Å². The molecule has 0 fully saturated rings. The smallest absolute Gasteiger partial charge is 0.251 e. The molecule has 2 rings (SSSR count). The zero-order valence-corrected chi connectivity index (χ0v) is 11.5. The highest BCUT2D eigenvalue weighted by atomic mass is 19.1. The summed E-state index contributed by atoms with van der Waals surface area (Å²) in [4.78, 5) is 11.9. The number of nitrogens with two attached hydrogens (primary N) is 1. The fraction of sp³-hybridized carbons (Fsp3) is 0.286. The second-order valence-corrected chi connectivity index (χ2v) is 4.70. The van der Waals surface area contributed by atoms with Crippen molar-refractivity contribution in [3.63, 3.8) is 0 Å². The number of carbonyl (C=O) groups excluding carboxylic acids is 1. The van der Waals surface area contributed by atoms with Crippen LogP contribution < -0.4 is 11.1 Å². The Hall–Kier alpha value is -2.37. The van der Waals surface area contributed by atoms with Gasteiger partial charge < -0.3 is 11.1 Å². The van der Waals surface area contributed by atoms with E-state index in [0.717, 1.165) is 5.56 Å². The van der Waals surface area contributed by atoms with Crippen LogP contribution in [0.4, 0.5) is 10.1 Å². The van der Waals surface area contributed by atoms with E-state index < -0.39 is 5.82 Å². The van der Waals surface area contributed by atoms with Crippen molar-refractivity contribution in [2.24, 2.45) is 7.05 Å². The summed E-state index contributed by atoms with van der Waals surface area (Å²) in [6.45, 7) is 2.04. The van der Waals surface area contributed by atoms with Gasteiger partial charge in [0.15, 0.2) is 0 Å². The molecule has 1 amide bonds. The average Bonchev–Trinajstić information content (AvgIpc) is 2.81. The molecule has 2 aromatic rings. The Bertz CT molecular complexity index is 613. The molecule has 0 unspecified atom stereocenters. The number of amides is 1. The fourth-order valence-electron chi connectivity index (χ4n) is 1.85. The van der Waals surface area contributed by atoms with Crippen molar-refractivity contribution in [1.29, 1.82) is 0 Å². The van der Waals surface area contributed by atoms with Gasteiger partial charge in [0.1, 0.15) is 5.82 Å². The Kier molecular flexibility index (Phi) is 4.02. The van der Waals surface area contributed by atoms with Gasteiger partial charge in [-0.15, -0.1) is 0 Å². The molecule has 0 saturated carbocycles. The van der Waals surface area contributed by atoms with Crippen LogP contribution in [0.25, 0.3) is 0 Å². The molecular weight excluding hydrogens is 259 g/mol. The maximum atomic E-state index is 13.5. The van der Waals surface area contributed by atoms with Crippen LogP contribution in [0.1, 0.15) is 21.5 Å². The summed E-state index contributed by atoms with van der Waals surface area (Å²) in [5, 5.41) is 6.78. The molecule has 0 atom stereocenters. The monoisotopic (exact) mass is 276 g/mol. The quantitative estimate of drug-likeness (QED) is 0.830. The maximum absolute atomic E-state index is 13.5. The number of benzene rings is 1. The second kappa shape index (κ2) is 5.73. The van der Waals surface area contributed by atoms with E-state index in [0.29, 0.717) is 18.5 Å². The largest absolute Gasteiger partial charge is 0.398 e. The molecule has 0 spiro atoms. The molecule has 1 aromatic carbocycles. The Labute approximate surface area is 116 Å². The Morgan fingerprint density at radius 1 is 1.50 bits per heavy atom. The van der Waals surface area contributed by atoms with Crippen molar-refractivity contribution in [2.45, 2.75) is 13.3 Å². The predicted octanol–water partition coefficient (Wildman–Crippen LogP) is 1.42. The number of anilines is 1. The van der Waals surface area contributed by atoms with Gasteiger partial charge in [-0.2, -0.15) is 5.10 Å². The topological polar surface area (TPSA) is 72.9 Å². The molecule has 0 bridgehead atoms. The minimum atomic E-state index is -0.470. The van der Waals surface area contributed by atoms with Crippen molar-refractivity contribution in [1.82, 2.24) is 15.1 Å². The lowest BCUT2D eigenvalue weighted by atomic mass is 10.1. The number of carbonyl (C=O) groups is 1. The normalized spacial score (nSPS) is 10.6. The van der Waals surface area contributed by atoms with Crippen LogP contribution in [-0.2, 0) is 13.5 Å². The average molecular weight is 276 g/mol. The predicted molar refractivity (Wildman–Crippen MR) is 74.8 cm³/mol. The summed E-state index contributed by atoms with van der Waals surface area (Å²) in [5.41, 5.74) is 7.55. The number of hydrogen-bond acceptors (Lipinski definition) is 3. The third kappa shape index (κ3) is 3.14. The van der Waals surface area contributed by atoms with Gasteiger partial charge in [0.25, 0.3) is 5.91 Å². The lowest BCUT2D eigenvalue weighted by molar-refractivity contribution is 0.0953. The molecule has 20 heavy (non-hydrogen) atoms. The zero-order valence-electron chi connectivity index (χ0n) is 11.5. The zero-order chi connectivity index (χ0) is 14.7. The molecule has 106 valence electrons. The molecule has 1 heterocycles. The highest BCUT2D eigenvalue weighted by Gasteiger charge is 2.10. The molecule has 0 radical (unpaired) electrons. The number of rotatable bonds is 4. The van der Waals surface area contributed by atoms with Crippen LogP contribution in [0.5, 0.6) is 0 Å². The first-order valence-corrected chi connectivity index (χ1v) is 6.28. The van der Waals surface area contributed by atoms with Gasteiger partial charge in [0.05, 0.1) is 6.20 Å². The highest BCUT2D eigenvalue weighted by molar-refractivity contribution is 5.95. The van der Waals surface area contributed by atoms with E-state index in [1.807, 2.05) is 13.2 Å². The van der Waals surface area contributed by atoms with Gasteiger partial charge in [-0.25, -0.2) is 4.39 Å². The van der Waals surface area contributed by atoms with Crippen LogP contribution in [0.3, 0.4) is 0 Å². The second-order valence-electron chi connectivity index (χ2n) is 4.70. The minimum Gasteiger partial charge on any atom is -0.398 e. The Morgan fingerprint density at radius 3 is 2.85 bits per heavy atom. The number of aryl methyl sites for hydroxylation is 1. The SMILES string of the molecule is Cc1c(N)cc(C(=O)NCCc2cnn(C)c2)cc1F. The van der Waals surface area contributed by atoms with Crippen LogP contribution in [0.2, 0.25) is 0 Å². The van der Waals surface area contributed by atoms with Crippen molar-refractivity contribution in [2.75, 3.05) is 12.3 Å². The molecule has 0 aliphatic rings. The lowest BCUT2D eigenvalue weighted by Crippen LogP contribution is -2.26. The standard InChI is InChI=1S/C14H17FN4O/c1-9-12(15)5-11(6-13(9)16)14(20)17-4-3-10-7-18-19(2)8-10/h5-8H,3-4,16H2,1-2H3,(H,17,20). The van der Waals surface area contributed by atoms with Crippen molar-refractivity contribution < 1.29 is 9.18 Å². The molecule has 0 aliphatic heterocycles. The molecular formula is C14H17FN4O. The van der Waals surface area contributed by atoms with Gasteiger partial charge >= 0.3 is 0 Å². The third-order valence-electron chi connectivity index (χ3n) is 3.10. The Balaban J connectivity index is 1.95. The summed E-state index contributed by atoms with van der Waals surface area (Å²) in [7, 11) is 1.83. The first kappa shape index (κ1) is 14.0. The molecule has 1 aromatic heterocycles. The number of nitrogens with zero attached hydrogens (tertiary/aromatic N) is 2. The summed E-state index contributed by atoms with van der Waals surface area (Å²) in [6.07, 6.45) is 4.30. The van der Waals surface area contributed by atoms with E-state index in [2.05, 4.69) is 10.4 Å². The van der Waals surface area contributed by atoms with Crippen molar-refractivity contribution in [3.05, 3.63) is 47.0 Å². The summed E-state index contributed by atoms with van der Waals surface area (Å²) < 4.78 is 15.2. The van der Waals surface area contributed by atoms with E-state index in [1.54, 1.807) is 17.8 Å². The van der Waals surface area contributed by atoms with E-state index in [1.165, 1.54) is 12.1 Å². The number of aromatic nitrogens is 2. The third-order valence-corrected chi connectivity index (χ3v) is 3.10. The first-order chi connectivity index (χ1) is 9.47. The summed E-state index contributed by atoms with van der Waals surface area (Å²) in [6, 6.07) is 2.68. The van der Waals surface area contributed by atoms with E-state index in [9.17, 15) is 9.18 Å². The van der Waals surface area contributed by atoms with Gasteiger partial charge in [0.2, 0.25) is 0 Å². The summed E-state index contributed by atoms with van der Waals surface area (Å²) in [5.74, 6) is -0.804. The van der Waals surface area contributed by atoms with E-state index in [-0.39, 0.29) is 17.2 Å². The highest BCUT2D eigenvalue weighted by Crippen LogP contribution is 2.17. The number of hydrogen-bond donors (Lipinski definition) is 2. The van der Waals surface area contributed by atoms with E-state index >= 15 is 0 Å². The van der Waals surface area contributed by atoms with Crippen LogP contribution in [0.15, 0.2) is 24.5 Å². The number of nitrogens with one attached hydrogen (secondary N) is 1. The minimum absolute atomic E-state index is 0.233. The number of nitrogen functional groups attached to an aromatic ring is 1. The molecule has 0 saturated heterocycles. The fourth-order valence-corrected chi connectivity index (χ4v) is 1.85. The van der Waals surface area contributed by atoms with Crippen molar-refractivity contribution in [3.8, 4) is 0 Å². The van der Waals surface area contributed by atoms with E-state index in [4.69, 9.17) is 5.73 Å². The first-order valence-electron chi connectivity index (χ1n) is 6.28. The van der Waals surface area contributed by atoms with Crippen LogP contribution in [0, 0.1) is 12.7 Å². The van der Waals surface area contributed by atoms with Gasteiger partial charge in [-0.1, -0.05) is 0 Å². The Morgan fingerprint density at radius 2 is 2.25 bits per heavy atom. The molecule has 6 heteroatoms. The van der Waals surface area contributed by atoms with Gasteiger partial charge in [-0.3, -0.25) is 9.48 Å². The summed E-state index contributed by atoms with van der Waals surface area (Å²) >= 11 is 0. The molecule has 3 N–H and O–H groups in total. The van der Waals surface area contributed by atoms with Crippen molar-refractivity contribution >= 4 is 11.6 Å². The number of halogens is 1. The maximum Gasteiger partial charge on any atom is 0.251 e.